The van der Waals surface area contributed by atoms with Crippen molar-refractivity contribution in [1.82, 2.24) is 0 Å². The Labute approximate surface area is 81.4 Å². The van der Waals surface area contributed by atoms with Crippen LogP contribution in [0.1, 0.15) is 11.1 Å². The molecular weight excluding hydrogens is 185 g/mol. The summed E-state index contributed by atoms with van der Waals surface area (Å²) in [5.41, 5.74) is 6.83. The van der Waals surface area contributed by atoms with Crippen molar-refractivity contribution in [2.75, 3.05) is 0 Å². The molecule has 1 aromatic carbocycles. The van der Waals surface area contributed by atoms with E-state index in [-0.39, 0.29) is 12.2 Å². The summed E-state index contributed by atoms with van der Waals surface area (Å²) in [7, 11) is 0. The summed E-state index contributed by atoms with van der Waals surface area (Å²) < 4.78 is 12.8. The number of aliphatic carboxylic acids is 1. The molecule has 0 heterocycles. The molecule has 0 aliphatic heterocycles. The van der Waals surface area contributed by atoms with Crippen molar-refractivity contribution >= 4 is 5.97 Å². The van der Waals surface area contributed by atoms with Gasteiger partial charge in [0.15, 0.2) is 0 Å². The molecule has 0 saturated carbocycles. The highest BCUT2D eigenvalue weighted by Crippen LogP contribution is 2.11. The molecule has 1 aromatic rings. The number of carboxylic acids is 1. The Bertz CT molecular complexity index is 352. The summed E-state index contributed by atoms with van der Waals surface area (Å²) >= 11 is 0. The number of halogens is 1. The van der Waals surface area contributed by atoms with Crippen LogP contribution in [-0.4, -0.2) is 17.1 Å². The smallest absolute Gasteiger partial charge is 0.320 e. The number of hydrogen-bond donors (Lipinski definition) is 2. The van der Waals surface area contributed by atoms with Crippen LogP contribution in [0.15, 0.2) is 18.2 Å². The SMILES string of the molecule is Cc1ccc(F)cc1C[C@H](N)C(=O)O. The van der Waals surface area contributed by atoms with Crippen LogP contribution in [0.2, 0.25) is 0 Å². The lowest BCUT2D eigenvalue weighted by Gasteiger charge is -2.09. The second kappa shape index (κ2) is 4.19. The van der Waals surface area contributed by atoms with E-state index >= 15 is 0 Å². The van der Waals surface area contributed by atoms with E-state index in [0.717, 1.165) is 5.56 Å². The number of carboxylic acid groups (broad SMARTS) is 1. The minimum Gasteiger partial charge on any atom is -0.480 e. The van der Waals surface area contributed by atoms with Crippen LogP contribution in [0, 0.1) is 12.7 Å². The Morgan fingerprint density at radius 1 is 1.64 bits per heavy atom. The lowest BCUT2D eigenvalue weighted by atomic mass is 10.0. The van der Waals surface area contributed by atoms with Crippen molar-refractivity contribution in [3.05, 3.63) is 35.1 Å². The number of nitrogens with two attached hydrogens (primary N) is 1. The molecule has 0 fully saturated rings. The third-order valence-corrected chi connectivity index (χ3v) is 2.07. The monoisotopic (exact) mass is 197 g/mol. The van der Waals surface area contributed by atoms with E-state index in [1.165, 1.54) is 12.1 Å². The van der Waals surface area contributed by atoms with Gasteiger partial charge in [-0.2, -0.15) is 0 Å². The fraction of sp³-hybridized carbons (Fsp3) is 0.300. The maximum absolute atomic E-state index is 12.8. The van der Waals surface area contributed by atoms with Crippen molar-refractivity contribution in [1.29, 1.82) is 0 Å². The van der Waals surface area contributed by atoms with E-state index in [1.807, 2.05) is 0 Å². The fourth-order valence-electron chi connectivity index (χ4n) is 1.18. The van der Waals surface area contributed by atoms with E-state index < -0.39 is 12.0 Å². The van der Waals surface area contributed by atoms with Gasteiger partial charge in [0.25, 0.3) is 0 Å². The average molecular weight is 197 g/mol. The van der Waals surface area contributed by atoms with Gasteiger partial charge in [0.2, 0.25) is 0 Å². The molecule has 0 unspecified atom stereocenters. The summed E-state index contributed by atoms with van der Waals surface area (Å²) in [6, 6.07) is 3.29. The summed E-state index contributed by atoms with van der Waals surface area (Å²) in [4.78, 5) is 10.5. The third kappa shape index (κ3) is 2.53. The van der Waals surface area contributed by atoms with Crippen LogP contribution in [0.3, 0.4) is 0 Å². The van der Waals surface area contributed by atoms with Crippen molar-refractivity contribution in [3.63, 3.8) is 0 Å². The van der Waals surface area contributed by atoms with Crippen LogP contribution in [-0.2, 0) is 11.2 Å². The van der Waals surface area contributed by atoms with E-state index in [4.69, 9.17) is 10.8 Å². The third-order valence-electron chi connectivity index (χ3n) is 2.07. The Morgan fingerprint density at radius 2 is 2.29 bits per heavy atom. The van der Waals surface area contributed by atoms with Crippen molar-refractivity contribution in [2.45, 2.75) is 19.4 Å². The molecule has 76 valence electrons. The second-order valence-electron chi connectivity index (χ2n) is 3.22. The van der Waals surface area contributed by atoms with Crippen LogP contribution in [0.4, 0.5) is 4.39 Å². The lowest BCUT2D eigenvalue weighted by Crippen LogP contribution is -2.32. The van der Waals surface area contributed by atoms with Gasteiger partial charge in [0, 0.05) is 0 Å². The molecule has 1 rings (SSSR count). The fourth-order valence-corrected chi connectivity index (χ4v) is 1.18. The molecule has 0 radical (unpaired) electrons. The van der Waals surface area contributed by atoms with Gasteiger partial charge in [-0.25, -0.2) is 4.39 Å². The number of benzene rings is 1. The zero-order valence-electron chi connectivity index (χ0n) is 7.83. The van der Waals surface area contributed by atoms with Crippen molar-refractivity contribution in [2.24, 2.45) is 5.73 Å². The molecular formula is C10H12FNO2. The highest BCUT2D eigenvalue weighted by Gasteiger charge is 2.13. The van der Waals surface area contributed by atoms with E-state index in [2.05, 4.69) is 0 Å². The largest absolute Gasteiger partial charge is 0.480 e. The average Bonchev–Trinajstić information content (AvgIpc) is 2.11. The molecule has 0 saturated heterocycles. The summed E-state index contributed by atoms with van der Waals surface area (Å²) in [6.45, 7) is 1.79. The molecule has 3 nitrogen and oxygen atoms in total. The molecule has 1 atom stereocenters. The number of carbonyl (C=O) groups is 1. The standard InChI is InChI=1S/C10H12FNO2/c1-6-2-3-8(11)4-7(6)5-9(12)10(13)14/h2-4,9H,5,12H2,1H3,(H,13,14)/t9-/m0/s1. The van der Waals surface area contributed by atoms with Crippen LogP contribution >= 0.6 is 0 Å². The molecule has 3 N–H and O–H groups in total. The van der Waals surface area contributed by atoms with Gasteiger partial charge in [-0.15, -0.1) is 0 Å². The van der Waals surface area contributed by atoms with Gasteiger partial charge in [0.1, 0.15) is 11.9 Å². The summed E-state index contributed by atoms with van der Waals surface area (Å²) in [5.74, 6) is -1.45. The van der Waals surface area contributed by atoms with Crippen molar-refractivity contribution < 1.29 is 14.3 Å². The number of hydrogen-bond acceptors (Lipinski definition) is 2. The van der Waals surface area contributed by atoms with Crippen LogP contribution in [0.25, 0.3) is 0 Å². The van der Waals surface area contributed by atoms with Crippen LogP contribution < -0.4 is 5.73 Å². The molecule has 0 aliphatic rings. The predicted octanol–water partition coefficient (Wildman–Crippen LogP) is 1.09. The first kappa shape index (κ1) is 10.7. The highest BCUT2D eigenvalue weighted by molar-refractivity contribution is 5.73. The van der Waals surface area contributed by atoms with Gasteiger partial charge in [0.05, 0.1) is 0 Å². The minimum absolute atomic E-state index is 0.152. The lowest BCUT2D eigenvalue weighted by molar-refractivity contribution is -0.138. The predicted molar refractivity (Wildman–Crippen MR) is 50.5 cm³/mol. The Balaban J connectivity index is 2.85. The molecule has 0 bridgehead atoms. The Hall–Kier alpha value is -1.42. The summed E-state index contributed by atoms with van der Waals surface area (Å²) in [5, 5.41) is 8.58. The molecule has 0 amide bonds. The molecule has 0 spiro atoms. The Morgan fingerprint density at radius 3 is 2.86 bits per heavy atom. The number of rotatable bonds is 3. The van der Waals surface area contributed by atoms with Gasteiger partial charge in [-0.3, -0.25) is 4.79 Å². The van der Waals surface area contributed by atoms with Gasteiger partial charge in [-0.05, 0) is 36.6 Å². The summed E-state index contributed by atoms with van der Waals surface area (Å²) in [6.07, 6.45) is 0.152. The topological polar surface area (TPSA) is 63.3 Å². The van der Waals surface area contributed by atoms with Gasteiger partial charge in [-0.1, -0.05) is 6.07 Å². The van der Waals surface area contributed by atoms with E-state index in [0.29, 0.717) is 5.56 Å². The highest BCUT2D eigenvalue weighted by atomic mass is 19.1. The van der Waals surface area contributed by atoms with E-state index in [9.17, 15) is 9.18 Å². The van der Waals surface area contributed by atoms with E-state index in [1.54, 1.807) is 13.0 Å². The van der Waals surface area contributed by atoms with Gasteiger partial charge < -0.3 is 10.8 Å². The first-order chi connectivity index (χ1) is 6.50. The minimum atomic E-state index is -1.08. The molecule has 0 aliphatic carbocycles. The molecule has 0 aromatic heterocycles. The second-order valence-corrected chi connectivity index (χ2v) is 3.22. The Kier molecular flexibility index (Phi) is 3.19. The first-order valence-electron chi connectivity index (χ1n) is 4.24. The normalized spacial score (nSPS) is 12.5. The molecule has 4 heteroatoms. The van der Waals surface area contributed by atoms with Gasteiger partial charge >= 0.3 is 5.97 Å². The quantitative estimate of drug-likeness (QED) is 0.762. The maximum Gasteiger partial charge on any atom is 0.320 e. The zero-order valence-corrected chi connectivity index (χ0v) is 7.83. The molecule has 14 heavy (non-hydrogen) atoms. The zero-order chi connectivity index (χ0) is 10.7. The van der Waals surface area contributed by atoms with Crippen LogP contribution in [0.5, 0.6) is 0 Å². The maximum atomic E-state index is 12.8. The number of aryl methyl sites for hydroxylation is 1. The van der Waals surface area contributed by atoms with Crippen molar-refractivity contribution in [3.8, 4) is 0 Å². The first-order valence-corrected chi connectivity index (χ1v) is 4.24.